The normalized spacial score (nSPS) is 27.1. The van der Waals surface area contributed by atoms with Crippen molar-refractivity contribution in [2.45, 2.75) is 78.0 Å². The van der Waals surface area contributed by atoms with E-state index in [4.69, 9.17) is 13.9 Å². The molecule has 1 N–H and O–H groups in total. The summed E-state index contributed by atoms with van der Waals surface area (Å²) in [6.07, 6.45) is 2.77. The minimum Gasteiger partial charge on any atom is -0.462 e. The highest BCUT2D eigenvalue weighted by atomic mass is 16.5. The molecule has 0 aliphatic carbocycles. The van der Waals surface area contributed by atoms with Crippen LogP contribution in [0.5, 0.6) is 0 Å². The predicted octanol–water partition coefficient (Wildman–Crippen LogP) is 3.25. The number of hydrogen-bond donors (Lipinski definition) is 1. The first-order valence-electron chi connectivity index (χ1n) is 7.61. The summed E-state index contributed by atoms with van der Waals surface area (Å²) >= 11 is 0. The van der Waals surface area contributed by atoms with Crippen molar-refractivity contribution in [3.05, 3.63) is 23.7 Å². The van der Waals surface area contributed by atoms with Crippen LogP contribution in [0.2, 0.25) is 0 Å². The Morgan fingerprint density at radius 2 is 1.85 bits per heavy atom. The maximum atomic E-state index is 5.95. The van der Waals surface area contributed by atoms with Gasteiger partial charge >= 0.3 is 0 Å². The van der Waals surface area contributed by atoms with Gasteiger partial charge in [-0.1, -0.05) is 13.8 Å². The lowest BCUT2D eigenvalue weighted by atomic mass is 10.0. The summed E-state index contributed by atoms with van der Waals surface area (Å²) in [5, 5.41) is 3.34. The first kappa shape index (κ1) is 15.5. The second-order valence-corrected chi connectivity index (χ2v) is 6.07. The molecule has 20 heavy (non-hydrogen) atoms. The van der Waals surface area contributed by atoms with E-state index >= 15 is 0 Å². The molecule has 0 spiro atoms. The van der Waals surface area contributed by atoms with Gasteiger partial charge in [-0.25, -0.2) is 0 Å². The SMILES string of the molecule is CC(C)NCc1ccc(COC2CC(C)OC(C)C2)o1. The molecular weight excluding hydrogens is 254 g/mol. The Morgan fingerprint density at radius 3 is 2.50 bits per heavy atom. The van der Waals surface area contributed by atoms with E-state index in [1.165, 1.54) is 0 Å². The van der Waals surface area contributed by atoms with E-state index in [0.29, 0.717) is 12.6 Å². The highest BCUT2D eigenvalue weighted by Crippen LogP contribution is 2.23. The third-order valence-corrected chi connectivity index (χ3v) is 3.52. The molecule has 4 nitrogen and oxygen atoms in total. The summed E-state index contributed by atoms with van der Waals surface area (Å²) in [6, 6.07) is 4.48. The summed E-state index contributed by atoms with van der Waals surface area (Å²) < 4.78 is 17.4. The van der Waals surface area contributed by atoms with Gasteiger partial charge in [0.2, 0.25) is 0 Å². The average molecular weight is 281 g/mol. The van der Waals surface area contributed by atoms with E-state index in [2.05, 4.69) is 33.0 Å². The van der Waals surface area contributed by atoms with Crippen molar-refractivity contribution in [2.24, 2.45) is 0 Å². The molecule has 114 valence electrons. The standard InChI is InChI=1S/C16H27NO3/c1-11(2)17-9-14-5-6-15(20-14)10-18-16-7-12(3)19-13(4)8-16/h5-6,11-13,16-17H,7-10H2,1-4H3. The van der Waals surface area contributed by atoms with Crippen molar-refractivity contribution in [1.82, 2.24) is 5.32 Å². The monoisotopic (exact) mass is 281 g/mol. The summed E-state index contributed by atoms with van der Waals surface area (Å²) in [7, 11) is 0. The molecule has 1 aliphatic heterocycles. The van der Waals surface area contributed by atoms with Crippen LogP contribution in [0.25, 0.3) is 0 Å². The van der Waals surface area contributed by atoms with Crippen molar-refractivity contribution in [3.63, 3.8) is 0 Å². The van der Waals surface area contributed by atoms with Crippen LogP contribution in [-0.2, 0) is 22.6 Å². The van der Waals surface area contributed by atoms with Crippen LogP contribution in [0.1, 0.15) is 52.1 Å². The average Bonchev–Trinajstić information content (AvgIpc) is 2.81. The van der Waals surface area contributed by atoms with Crippen molar-refractivity contribution in [2.75, 3.05) is 0 Å². The smallest absolute Gasteiger partial charge is 0.129 e. The predicted molar refractivity (Wildman–Crippen MR) is 78.5 cm³/mol. The molecule has 1 aromatic heterocycles. The molecule has 2 atom stereocenters. The van der Waals surface area contributed by atoms with Crippen molar-refractivity contribution >= 4 is 0 Å². The maximum absolute atomic E-state index is 5.95. The van der Waals surface area contributed by atoms with Crippen LogP contribution in [0.4, 0.5) is 0 Å². The quantitative estimate of drug-likeness (QED) is 0.869. The van der Waals surface area contributed by atoms with Gasteiger partial charge in [-0.3, -0.25) is 0 Å². The molecule has 0 saturated carbocycles. The van der Waals surface area contributed by atoms with Gasteiger partial charge < -0.3 is 19.2 Å². The molecule has 1 aliphatic rings. The number of ether oxygens (including phenoxy) is 2. The third-order valence-electron chi connectivity index (χ3n) is 3.52. The van der Waals surface area contributed by atoms with Crippen LogP contribution >= 0.6 is 0 Å². The molecule has 2 heterocycles. The van der Waals surface area contributed by atoms with E-state index in [0.717, 1.165) is 30.9 Å². The zero-order valence-corrected chi connectivity index (χ0v) is 13.0. The summed E-state index contributed by atoms with van der Waals surface area (Å²) in [4.78, 5) is 0. The van der Waals surface area contributed by atoms with Gasteiger partial charge in [-0.15, -0.1) is 0 Å². The molecule has 2 unspecified atom stereocenters. The van der Waals surface area contributed by atoms with E-state index in [1.807, 2.05) is 12.1 Å². The van der Waals surface area contributed by atoms with Gasteiger partial charge in [0.05, 0.1) is 24.9 Å². The second-order valence-electron chi connectivity index (χ2n) is 6.07. The minimum absolute atomic E-state index is 0.274. The highest BCUT2D eigenvalue weighted by Gasteiger charge is 2.25. The topological polar surface area (TPSA) is 43.6 Å². The Labute approximate surface area is 121 Å². The van der Waals surface area contributed by atoms with E-state index in [9.17, 15) is 0 Å². The Hall–Kier alpha value is -0.840. The van der Waals surface area contributed by atoms with Gasteiger partial charge in [0, 0.05) is 6.04 Å². The van der Waals surface area contributed by atoms with Crippen molar-refractivity contribution in [1.29, 1.82) is 0 Å². The van der Waals surface area contributed by atoms with Crippen molar-refractivity contribution in [3.8, 4) is 0 Å². The van der Waals surface area contributed by atoms with Crippen molar-refractivity contribution < 1.29 is 13.9 Å². The fraction of sp³-hybridized carbons (Fsp3) is 0.750. The molecule has 1 aromatic rings. The maximum Gasteiger partial charge on any atom is 0.129 e. The molecular formula is C16H27NO3. The molecule has 1 fully saturated rings. The largest absolute Gasteiger partial charge is 0.462 e. The van der Waals surface area contributed by atoms with E-state index < -0.39 is 0 Å². The molecule has 0 radical (unpaired) electrons. The van der Waals surface area contributed by atoms with Gasteiger partial charge in [-0.05, 0) is 38.8 Å². The van der Waals surface area contributed by atoms with Gasteiger partial charge in [0.1, 0.15) is 18.1 Å². The lowest BCUT2D eigenvalue weighted by Crippen LogP contribution is -2.33. The van der Waals surface area contributed by atoms with E-state index in [-0.39, 0.29) is 18.3 Å². The Bertz CT molecular complexity index is 392. The zero-order chi connectivity index (χ0) is 14.5. The van der Waals surface area contributed by atoms with Crippen LogP contribution in [0.3, 0.4) is 0 Å². The Balaban J connectivity index is 1.76. The number of furan rings is 1. The summed E-state index contributed by atoms with van der Waals surface area (Å²) in [5.41, 5.74) is 0. The molecule has 4 heteroatoms. The van der Waals surface area contributed by atoms with Crippen LogP contribution in [0, 0.1) is 0 Å². The van der Waals surface area contributed by atoms with E-state index in [1.54, 1.807) is 0 Å². The van der Waals surface area contributed by atoms with Gasteiger partial charge in [0.15, 0.2) is 0 Å². The summed E-state index contributed by atoms with van der Waals surface area (Å²) in [6.45, 7) is 9.78. The Kier molecular flexibility index (Phi) is 5.64. The lowest BCUT2D eigenvalue weighted by Gasteiger charge is -2.31. The fourth-order valence-electron chi connectivity index (χ4n) is 2.58. The van der Waals surface area contributed by atoms with Crippen LogP contribution in [0.15, 0.2) is 16.5 Å². The first-order valence-corrected chi connectivity index (χ1v) is 7.61. The number of nitrogens with one attached hydrogen (secondary N) is 1. The van der Waals surface area contributed by atoms with Gasteiger partial charge in [0.25, 0.3) is 0 Å². The molecule has 1 saturated heterocycles. The molecule has 0 bridgehead atoms. The number of hydrogen-bond acceptors (Lipinski definition) is 4. The fourth-order valence-corrected chi connectivity index (χ4v) is 2.58. The lowest BCUT2D eigenvalue weighted by molar-refractivity contribution is -0.108. The first-order chi connectivity index (χ1) is 9.52. The second kappa shape index (κ2) is 7.25. The van der Waals surface area contributed by atoms with Gasteiger partial charge in [-0.2, -0.15) is 0 Å². The molecule has 2 rings (SSSR count). The van der Waals surface area contributed by atoms with Crippen LogP contribution < -0.4 is 5.32 Å². The van der Waals surface area contributed by atoms with Crippen LogP contribution in [-0.4, -0.2) is 24.4 Å². The molecule has 0 amide bonds. The summed E-state index contributed by atoms with van der Waals surface area (Å²) in [5.74, 6) is 1.86. The molecule has 0 aromatic carbocycles. The number of rotatable bonds is 6. The minimum atomic E-state index is 0.274. The Morgan fingerprint density at radius 1 is 1.20 bits per heavy atom. The zero-order valence-electron chi connectivity index (χ0n) is 13.0. The highest BCUT2D eigenvalue weighted by molar-refractivity contribution is 5.06. The third kappa shape index (κ3) is 4.93.